The van der Waals surface area contributed by atoms with Crippen LogP contribution in [0.2, 0.25) is 0 Å². The van der Waals surface area contributed by atoms with Crippen LogP contribution in [0.15, 0.2) is 0 Å². The quantitative estimate of drug-likeness (QED) is 0.761. The van der Waals surface area contributed by atoms with E-state index in [1.54, 1.807) is 11.9 Å². The monoisotopic (exact) mass is 299 g/mol. The van der Waals surface area contributed by atoms with Crippen LogP contribution in [0.1, 0.15) is 12.8 Å². The SMILES string of the molecule is CNCCC(=O)N1CCCN(S(C)(=O)=O)CC1.Cl. The Labute approximate surface area is 115 Å². The van der Waals surface area contributed by atoms with Crippen LogP contribution in [-0.4, -0.2) is 69.6 Å². The summed E-state index contributed by atoms with van der Waals surface area (Å²) < 4.78 is 24.2. The van der Waals surface area contributed by atoms with E-state index in [2.05, 4.69) is 5.32 Å². The Kier molecular flexibility index (Phi) is 7.77. The van der Waals surface area contributed by atoms with E-state index in [0.717, 1.165) is 0 Å². The van der Waals surface area contributed by atoms with E-state index in [1.807, 2.05) is 0 Å². The van der Waals surface area contributed by atoms with Gasteiger partial charge in [-0.15, -0.1) is 12.4 Å². The molecule has 18 heavy (non-hydrogen) atoms. The molecule has 0 aromatic carbocycles. The van der Waals surface area contributed by atoms with Gasteiger partial charge in [-0.25, -0.2) is 12.7 Å². The first kappa shape index (κ1) is 17.6. The van der Waals surface area contributed by atoms with E-state index in [4.69, 9.17) is 0 Å². The summed E-state index contributed by atoms with van der Waals surface area (Å²) in [6, 6.07) is 0. The lowest BCUT2D eigenvalue weighted by Crippen LogP contribution is -2.37. The predicted molar refractivity (Wildman–Crippen MR) is 73.4 cm³/mol. The first-order valence-corrected chi connectivity index (χ1v) is 7.67. The first-order valence-electron chi connectivity index (χ1n) is 5.82. The molecule has 0 radical (unpaired) electrons. The number of nitrogens with one attached hydrogen (secondary N) is 1. The molecule has 0 aliphatic carbocycles. The van der Waals surface area contributed by atoms with Crippen LogP contribution in [0.4, 0.5) is 0 Å². The number of carbonyl (C=O) groups excluding carboxylic acids is 1. The molecule has 1 saturated heterocycles. The van der Waals surface area contributed by atoms with E-state index >= 15 is 0 Å². The molecule has 0 atom stereocenters. The number of hydrogen-bond acceptors (Lipinski definition) is 4. The third-order valence-electron chi connectivity index (χ3n) is 2.87. The van der Waals surface area contributed by atoms with Crippen molar-refractivity contribution in [1.29, 1.82) is 0 Å². The standard InChI is InChI=1S/C10H21N3O3S.ClH/c1-11-5-4-10(14)12-6-3-7-13(9-8-12)17(2,15)16;/h11H,3-9H2,1-2H3;1H. The van der Waals surface area contributed by atoms with E-state index in [0.29, 0.717) is 45.6 Å². The lowest BCUT2D eigenvalue weighted by atomic mass is 10.3. The van der Waals surface area contributed by atoms with E-state index in [1.165, 1.54) is 10.6 Å². The molecule has 0 aromatic rings. The van der Waals surface area contributed by atoms with E-state index < -0.39 is 10.0 Å². The number of rotatable bonds is 4. The van der Waals surface area contributed by atoms with Crippen molar-refractivity contribution in [2.75, 3.05) is 46.0 Å². The summed E-state index contributed by atoms with van der Waals surface area (Å²) in [6.07, 6.45) is 2.39. The number of hydrogen-bond donors (Lipinski definition) is 1. The fourth-order valence-corrected chi connectivity index (χ4v) is 2.74. The third-order valence-corrected chi connectivity index (χ3v) is 4.17. The highest BCUT2D eigenvalue weighted by molar-refractivity contribution is 7.88. The largest absolute Gasteiger partial charge is 0.341 e. The van der Waals surface area contributed by atoms with Gasteiger partial charge >= 0.3 is 0 Å². The molecular weight excluding hydrogens is 278 g/mol. The fourth-order valence-electron chi connectivity index (χ4n) is 1.86. The zero-order chi connectivity index (χ0) is 12.9. The molecule has 0 spiro atoms. The lowest BCUT2D eigenvalue weighted by molar-refractivity contribution is -0.130. The Bertz CT molecular complexity index is 361. The van der Waals surface area contributed by atoms with Gasteiger partial charge in [-0.3, -0.25) is 4.79 Å². The van der Waals surface area contributed by atoms with Gasteiger partial charge in [0.25, 0.3) is 0 Å². The topological polar surface area (TPSA) is 69.7 Å². The molecular formula is C10H22ClN3O3S. The number of halogens is 1. The van der Waals surface area contributed by atoms with Gasteiger partial charge in [0.1, 0.15) is 0 Å². The molecule has 0 unspecified atom stereocenters. The molecule has 8 heteroatoms. The second-order valence-corrected chi connectivity index (χ2v) is 6.23. The number of nitrogens with zero attached hydrogens (tertiary/aromatic N) is 2. The van der Waals surface area contributed by atoms with Gasteiger partial charge in [-0.2, -0.15) is 0 Å². The van der Waals surface area contributed by atoms with Crippen molar-refractivity contribution in [1.82, 2.24) is 14.5 Å². The number of amides is 1. The Morgan fingerprint density at radius 3 is 2.44 bits per heavy atom. The molecule has 0 aromatic heterocycles. The van der Waals surface area contributed by atoms with E-state index in [9.17, 15) is 13.2 Å². The highest BCUT2D eigenvalue weighted by atomic mass is 35.5. The van der Waals surface area contributed by atoms with Gasteiger partial charge in [-0.1, -0.05) is 0 Å². The van der Waals surface area contributed by atoms with Crippen molar-refractivity contribution >= 4 is 28.3 Å². The maximum atomic E-state index is 11.8. The van der Waals surface area contributed by atoms with Crippen LogP contribution in [0, 0.1) is 0 Å². The number of sulfonamides is 1. The average molecular weight is 300 g/mol. The highest BCUT2D eigenvalue weighted by Crippen LogP contribution is 2.07. The smallest absolute Gasteiger partial charge is 0.223 e. The Morgan fingerprint density at radius 1 is 1.22 bits per heavy atom. The second kappa shape index (κ2) is 7.93. The normalized spacial score (nSPS) is 18.0. The van der Waals surface area contributed by atoms with Gasteiger partial charge in [0.05, 0.1) is 6.26 Å². The average Bonchev–Trinajstić information content (AvgIpc) is 2.50. The Hall–Kier alpha value is -0.370. The molecule has 0 bridgehead atoms. The van der Waals surface area contributed by atoms with Crippen molar-refractivity contribution in [3.63, 3.8) is 0 Å². The van der Waals surface area contributed by atoms with Gasteiger partial charge in [0.15, 0.2) is 0 Å². The Morgan fingerprint density at radius 2 is 1.89 bits per heavy atom. The van der Waals surface area contributed by atoms with Crippen molar-refractivity contribution in [3.05, 3.63) is 0 Å². The summed E-state index contributed by atoms with van der Waals surface area (Å²) >= 11 is 0. The summed E-state index contributed by atoms with van der Waals surface area (Å²) in [7, 11) is -1.33. The summed E-state index contributed by atoms with van der Waals surface area (Å²) in [6.45, 7) is 2.72. The van der Waals surface area contributed by atoms with Crippen LogP contribution in [0.3, 0.4) is 0 Å². The molecule has 1 amide bonds. The minimum absolute atomic E-state index is 0. The molecule has 1 rings (SSSR count). The van der Waals surface area contributed by atoms with E-state index in [-0.39, 0.29) is 18.3 Å². The van der Waals surface area contributed by atoms with Gasteiger partial charge in [0, 0.05) is 39.1 Å². The fraction of sp³-hybridized carbons (Fsp3) is 0.900. The molecule has 1 heterocycles. The van der Waals surface area contributed by atoms with Crippen molar-refractivity contribution in [2.24, 2.45) is 0 Å². The minimum Gasteiger partial charge on any atom is -0.341 e. The number of carbonyl (C=O) groups is 1. The van der Waals surface area contributed by atoms with Gasteiger partial charge in [-0.05, 0) is 13.5 Å². The zero-order valence-corrected chi connectivity index (χ0v) is 12.5. The van der Waals surface area contributed by atoms with Crippen molar-refractivity contribution in [2.45, 2.75) is 12.8 Å². The Balaban J connectivity index is 0.00000289. The van der Waals surface area contributed by atoms with Crippen LogP contribution in [0.5, 0.6) is 0 Å². The van der Waals surface area contributed by atoms with Crippen molar-refractivity contribution in [3.8, 4) is 0 Å². The molecule has 108 valence electrons. The highest BCUT2D eigenvalue weighted by Gasteiger charge is 2.23. The molecule has 1 aliphatic heterocycles. The van der Waals surface area contributed by atoms with Gasteiger partial charge < -0.3 is 10.2 Å². The third kappa shape index (κ3) is 5.51. The molecule has 0 saturated carbocycles. The zero-order valence-electron chi connectivity index (χ0n) is 10.9. The maximum absolute atomic E-state index is 11.8. The van der Waals surface area contributed by atoms with Crippen LogP contribution >= 0.6 is 12.4 Å². The maximum Gasteiger partial charge on any atom is 0.223 e. The first-order chi connectivity index (χ1) is 7.95. The lowest BCUT2D eigenvalue weighted by Gasteiger charge is -2.21. The molecule has 1 aliphatic rings. The molecule has 1 fully saturated rings. The summed E-state index contributed by atoms with van der Waals surface area (Å²) in [5, 5.41) is 2.93. The van der Waals surface area contributed by atoms with Crippen LogP contribution in [-0.2, 0) is 14.8 Å². The predicted octanol–water partition coefficient (Wildman–Crippen LogP) is -0.488. The summed E-state index contributed by atoms with van der Waals surface area (Å²) in [5.41, 5.74) is 0. The minimum atomic E-state index is -3.13. The molecule has 6 nitrogen and oxygen atoms in total. The molecule has 1 N–H and O–H groups in total. The van der Waals surface area contributed by atoms with Crippen LogP contribution in [0.25, 0.3) is 0 Å². The second-order valence-electron chi connectivity index (χ2n) is 4.25. The summed E-state index contributed by atoms with van der Waals surface area (Å²) in [4.78, 5) is 13.5. The van der Waals surface area contributed by atoms with Crippen molar-refractivity contribution < 1.29 is 13.2 Å². The van der Waals surface area contributed by atoms with Gasteiger partial charge in [0.2, 0.25) is 15.9 Å². The summed E-state index contributed by atoms with van der Waals surface area (Å²) in [5.74, 6) is 0.0923. The van der Waals surface area contributed by atoms with Crippen LogP contribution < -0.4 is 5.32 Å².